The number of hydrogen-bond donors (Lipinski definition) is 1. The first-order valence-corrected chi connectivity index (χ1v) is 7.40. The maximum absolute atomic E-state index is 12.2. The molecule has 1 N–H and O–H groups in total. The van der Waals surface area contributed by atoms with E-state index in [1.807, 2.05) is 55.5 Å². The van der Waals surface area contributed by atoms with Gasteiger partial charge in [-0.05, 0) is 61.0 Å². The number of imidazole rings is 1. The third-order valence-electron chi connectivity index (χ3n) is 3.55. The third kappa shape index (κ3) is 3.13. The number of H-pyrrole nitrogens is 1. The molecule has 0 aliphatic carbocycles. The van der Waals surface area contributed by atoms with Crippen LogP contribution in [0.25, 0.3) is 16.9 Å². The summed E-state index contributed by atoms with van der Waals surface area (Å²) in [5.41, 5.74) is 2.29. The Morgan fingerprint density at radius 1 is 1.00 bits per heavy atom. The fraction of sp³-hybridized carbons (Fsp3) is 0.167. The third-order valence-corrected chi connectivity index (χ3v) is 3.55. The van der Waals surface area contributed by atoms with Gasteiger partial charge in [0.25, 0.3) is 0 Å². The molecule has 0 aliphatic heterocycles. The Kier molecular flexibility index (Phi) is 4.19. The predicted molar refractivity (Wildman–Crippen MR) is 89.5 cm³/mol. The first-order chi connectivity index (χ1) is 11.2. The molecular formula is C18H18N2O3. The molecule has 0 atom stereocenters. The summed E-state index contributed by atoms with van der Waals surface area (Å²) in [6, 6.07) is 15.0. The van der Waals surface area contributed by atoms with Crippen LogP contribution in [0, 0.1) is 0 Å². The van der Waals surface area contributed by atoms with Crippen LogP contribution in [0.1, 0.15) is 6.92 Å². The molecule has 1 heterocycles. The Balaban J connectivity index is 1.92. The molecule has 0 bridgehead atoms. The van der Waals surface area contributed by atoms with Crippen LogP contribution in [0.5, 0.6) is 11.5 Å². The van der Waals surface area contributed by atoms with Gasteiger partial charge in [0.05, 0.1) is 25.1 Å². The molecule has 5 heteroatoms. The minimum absolute atomic E-state index is 0.181. The van der Waals surface area contributed by atoms with Gasteiger partial charge in [0.2, 0.25) is 0 Å². The van der Waals surface area contributed by atoms with E-state index in [-0.39, 0.29) is 5.69 Å². The van der Waals surface area contributed by atoms with Crippen LogP contribution in [-0.2, 0) is 0 Å². The van der Waals surface area contributed by atoms with E-state index in [4.69, 9.17) is 9.47 Å². The highest BCUT2D eigenvalue weighted by Crippen LogP contribution is 2.21. The number of hydrogen-bond acceptors (Lipinski definition) is 3. The van der Waals surface area contributed by atoms with Crippen molar-refractivity contribution in [2.24, 2.45) is 0 Å². The van der Waals surface area contributed by atoms with E-state index in [2.05, 4.69) is 4.98 Å². The second-order valence-electron chi connectivity index (χ2n) is 5.00. The topological polar surface area (TPSA) is 56.2 Å². The number of aromatic amines is 1. The molecule has 0 spiro atoms. The molecule has 3 aromatic rings. The molecule has 118 valence electrons. The summed E-state index contributed by atoms with van der Waals surface area (Å²) in [7, 11) is 1.62. The lowest BCUT2D eigenvalue weighted by molar-refractivity contribution is 0.340. The lowest BCUT2D eigenvalue weighted by Gasteiger charge is -2.05. The van der Waals surface area contributed by atoms with Gasteiger partial charge in [0.15, 0.2) is 0 Å². The van der Waals surface area contributed by atoms with Gasteiger partial charge in [0, 0.05) is 6.20 Å². The van der Waals surface area contributed by atoms with Gasteiger partial charge in [-0.3, -0.25) is 4.57 Å². The van der Waals surface area contributed by atoms with Gasteiger partial charge in [-0.15, -0.1) is 0 Å². The predicted octanol–water partition coefficient (Wildman–Crippen LogP) is 3.24. The van der Waals surface area contributed by atoms with Crippen molar-refractivity contribution in [1.82, 2.24) is 9.55 Å². The SMILES string of the molecule is CCOc1ccc(-n2cc(-c3ccc(OC)cc3)[nH]c2=O)cc1. The molecule has 0 saturated carbocycles. The zero-order valence-electron chi connectivity index (χ0n) is 13.1. The van der Waals surface area contributed by atoms with Crippen LogP contribution in [0.3, 0.4) is 0 Å². The number of aromatic nitrogens is 2. The standard InChI is InChI=1S/C18H18N2O3/c1-3-23-16-10-6-14(7-11-16)20-12-17(19-18(20)21)13-4-8-15(22-2)9-5-13/h4-12H,3H2,1-2H3,(H,19,21). The van der Waals surface area contributed by atoms with E-state index in [0.29, 0.717) is 6.61 Å². The quantitative estimate of drug-likeness (QED) is 0.787. The van der Waals surface area contributed by atoms with Crippen LogP contribution in [0.4, 0.5) is 0 Å². The minimum Gasteiger partial charge on any atom is -0.497 e. The summed E-state index contributed by atoms with van der Waals surface area (Å²) in [5, 5.41) is 0. The zero-order chi connectivity index (χ0) is 16.2. The highest BCUT2D eigenvalue weighted by Gasteiger charge is 2.07. The Hall–Kier alpha value is -2.95. The summed E-state index contributed by atoms with van der Waals surface area (Å²) in [4.78, 5) is 15.1. The monoisotopic (exact) mass is 310 g/mol. The van der Waals surface area contributed by atoms with Crippen molar-refractivity contribution in [2.75, 3.05) is 13.7 Å². The number of nitrogens with one attached hydrogen (secondary N) is 1. The Bertz CT molecular complexity index is 830. The number of benzene rings is 2. The van der Waals surface area contributed by atoms with Crippen molar-refractivity contribution < 1.29 is 9.47 Å². The minimum atomic E-state index is -0.181. The van der Waals surface area contributed by atoms with Gasteiger partial charge in [-0.25, -0.2) is 4.79 Å². The smallest absolute Gasteiger partial charge is 0.330 e. The van der Waals surface area contributed by atoms with Crippen molar-refractivity contribution >= 4 is 0 Å². The maximum Gasteiger partial charge on any atom is 0.330 e. The Morgan fingerprint density at radius 3 is 2.26 bits per heavy atom. The normalized spacial score (nSPS) is 10.5. The van der Waals surface area contributed by atoms with Crippen LogP contribution in [0.15, 0.2) is 59.5 Å². The van der Waals surface area contributed by atoms with Crippen LogP contribution in [-0.4, -0.2) is 23.3 Å². The molecule has 0 aliphatic rings. The maximum atomic E-state index is 12.2. The van der Waals surface area contributed by atoms with Gasteiger partial charge < -0.3 is 14.5 Å². The lowest BCUT2D eigenvalue weighted by Crippen LogP contribution is -2.13. The van der Waals surface area contributed by atoms with E-state index in [0.717, 1.165) is 28.4 Å². The van der Waals surface area contributed by atoms with Gasteiger partial charge in [0.1, 0.15) is 11.5 Å². The van der Waals surface area contributed by atoms with Crippen molar-refractivity contribution in [3.05, 3.63) is 65.2 Å². The molecule has 0 saturated heterocycles. The average Bonchev–Trinajstić information content (AvgIpc) is 2.98. The Labute approximate surface area is 134 Å². The van der Waals surface area contributed by atoms with E-state index < -0.39 is 0 Å². The van der Waals surface area contributed by atoms with Gasteiger partial charge in [-0.1, -0.05) is 0 Å². The van der Waals surface area contributed by atoms with E-state index in [1.54, 1.807) is 17.9 Å². The summed E-state index contributed by atoms with van der Waals surface area (Å²) < 4.78 is 12.1. The molecule has 0 amide bonds. The van der Waals surface area contributed by atoms with Crippen LogP contribution in [0.2, 0.25) is 0 Å². The van der Waals surface area contributed by atoms with E-state index in [9.17, 15) is 4.79 Å². The molecule has 2 aromatic carbocycles. The second-order valence-corrected chi connectivity index (χ2v) is 5.00. The zero-order valence-corrected chi connectivity index (χ0v) is 13.1. The van der Waals surface area contributed by atoms with Crippen molar-refractivity contribution in [3.8, 4) is 28.4 Å². The molecule has 1 aromatic heterocycles. The molecule has 0 fully saturated rings. The van der Waals surface area contributed by atoms with Crippen molar-refractivity contribution in [1.29, 1.82) is 0 Å². The van der Waals surface area contributed by atoms with Crippen molar-refractivity contribution in [3.63, 3.8) is 0 Å². The van der Waals surface area contributed by atoms with Crippen molar-refractivity contribution in [2.45, 2.75) is 6.92 Å². The van der Waals surface area contributed by atoms with Gasteiger partial charge in [-0.2, -0.15) is 0 Å². The number of rotatable bonds is 5. The summed E-state index contributed by atoms with van der Waals surface area (Å²) in [5.74, 6) is 1.57. The summed E-state index contributed by atoms with van der Waals surface area (Å²) in [6.45, 7) is 2.55. The lowest BCUT2D eigenvalue weighted by atomic mass is 10.1. The van der Waals surface area contributed by atoms with Crippen LogP contribution >= 0.6 is 0 Å². The molecule has 0 unspecified atom stereocenters. The molecule has 23 heavy (non-hydrogen) atoms. The van der Waals surface area contributed by atoms with E-state index >= 15 is 0 Å². The average molecular weight is 310 g/mol. The molecule has 3 rings (SSSR count). The number of nitrogens with zero attached hydrogens (tertiary/aromatic N) is 1. The first kappa shape index (κ1) is 15.0. The number of ether oxygens (including phenoxy) is 2. The highest BCUT2D eigenvalue weighted by atomic mass is 16.5. The van der Waals surface area contributed by atoms with E-state index in [1.165, 1.54) is 0 Å². The largest absolute Gasteiger partial charge is 0.497 e. The summed E-state index contributed by atoms with van der Waals surface area (Å²) >= 11 is 0. The highest BCUT2D eigenvalue weighted by molar-refractivity contribution is 5.60. The molecular weight excluding hydrogens is 292 g/mol. The van der Waals surface area contributed by atoms with Gasteiger partial charge >= 0.3 is 5.69 Å². The fourth-order valence-electron chi connectivity index (χ4n) is 2.37. The first-order valence-electron chi connectivity index (χ1n) is 7.40. The number of methoxy groups -OCH3 is 1. The van der Waals surface area contributed by atoms with Crippen LogP contribution < -0.4 is 15.2 Å². The summed E-state index contributed by atoms with van der Waals surface area (Å²) in [6.07, 6.45) is 1.79. The second kappa shape index (κ2) is 6.44. The molecule has 5 nitrogen and oxygen atoms in total. The Morgan fingerprint density at radius 2 is 1.65 bits per heavy atom. The molecule has 0 radical (unpaired) electrons. The fourth-order valence-corrected chi connectivity index (χ4v) is 2.37.